The van der Waals surface area contributed by atoms with Crippen LogP contribution in [0.1, 0.15) is 0 Å². The highest BCUT2D eigenvalue weighted by molar-refractivity contribution is 5.61. The van der Waals surface area contributed by atoms with E-state index in [1.54, 1.807) is 24.3 Å². The van der Waals surface area contributed by atoms with Crippen molar-refractivity contribution in [3.05, 3.63) is 48.4 Å². The first kappa shape index (κ1) is 8.69. The third-order valence-electron chi connectivity index (χ3n) is 1.92. The molecule has 2 nitrogen and oxygen atoms in total. The van der Waals surface area contributed by atoms with E-state index in [1.807, 2.05) is 12.1 Å². The van der Waals surface area contributed by atoms with Gasteiger partial charge in [-0.1, -0.05) is 18.2 Å². The van der Waals surface area contributed by atoms with E-state index in [0.29, 0.717) is 11.4 Å². The minimum absolute atomic E-state index is 0.473. The molecule has 3 heteroatoms. The summed E-state index contributed by atoms with van der Waals surface area (Å²) in [5.41, 5.74) is 7.70. The van der Waals surface area contributed by atoms with Crippen LogP contribution in [0.25, 0.3) is 11.3 Å². The fraction of sp³-hybridized carbons (Fsp3) is 0. The first-order valence-corrected chi connectivity index (χ1v) is 4.24. The van der Waals surface area contributed by atoms with Crippen molar-refractivity contribution in [1.82, 2.24) is 4.98 Å². The standard InChI is InChI=1S/C11H9FN2/c12-11-3-1-2-10(14-11)8-4-6-9(13)7-5-8/h1-7H,13H2. The molecule has 0 amide bonds. The van der Waals surface area contributed by atoms with E-state index in [4.69, 9.17) is 5.73 Å². The van der Waals surface area contributed by atoms with E-state index in [9.17, 15) is 4.39 Å². The van der Waals surface area contributed by atoms with Crippen molar-refractivity contribution in [2.45, 2.75) is 0 Å². The molecule has 0 radical (unpaired) electrons. The van der Waals surface area contributed by atoms with Crippen LogP contribution in [0.2, 0.25) is 0 Å². The zero-order chi connectivity index (χ0) is 9.97. The van der Waals surface area contributed by atoms with Crippen LogP contribution in [-0.2, 0) is 0 Å². The van der Waals surface area contributed by atoms with Crippen LogP contribution in [0, 0.1) is 5.95 Å². The molecule has 0 unspecified atom stereocenters. The van der Waals surface area contributed by atoms with Crippen LogP contribution in [0.4, 0.5) is 10.1 Å². The highest BCUT2D eigenvalue weighted by Gasteiger charge is 1.99. The Labute approximate surface area is 81.2 Å². The van der Waals surface area contributed by atoms with Gasteiger partial charge in [0.2, 0.25) is 5.95 Å². The van der Waals surface area contributed by atoms with Crippen molar-refractivity contribution in [2.24, 2.45) is 0 Å². The Balaban J connectivity index is 2.44. The zero-order valence-corrected chi connectivity index (χ0v) is 7.44. The largest absolute Gasteiger partial charge is 0.399 e. The van der Waals surface area contributed by atoms with Gasteiger partial charge in [0, 0.05) is 11.3 Å². The molecule has 1 aromatic carbocycles. The molecule has 0 spiro atoms. The quantitative estimate of drug-likeness (QED) is 0.551. The molecule has 2 N–H and O–H groups in total. The molecule has 1 heterocycles. The van der Waals surface area contributed by atoms with Crippen molar-refractivity contribution < 1.29 is 4.39 Å². The number of anilines is 1. The fourth-order valence-corrected chi connectivity index (χ4v) is 1.22. The van der Waals surface area contributed by atoms with Crippen LogP contribution in [0.15, 0.2) is 42.5 Å². The first-order chi connectivity index (χ1) is 6.75. The van der Waals surface area contributed by atoms with Crippen LogP contribution >= 0.6 is 0 Å². The summed E-state index contributed by atoms with van der Waals surface area (Å²) in [5, 5.41) is 0. The molecule has 0 saturated heterocycles. The smallest absolute Gasteiger partial charge is 0.213 e. The molecule has 0 saturated carbocycles. The summed E-state index contributed by atoms with van der Waals surface area (Å²) in [7, 11) is 0. The second-order valence-electron chi connectivity index (χ2n) is 2.97. The van der Waals surface area contributed by atoms with Gasteiger partial charge in [0.15, 0.2) is 0 Å². The summed E-state index contributed by atoms with van der Waals surface area (Å²) in [6, 6.07) is 11.9. The molecule has 2 rings (SSSR count). The Morgan fingerprint density at radius 3 is 2.36 bits per heavy atom. The molecule has 2 aromatic rings. The number of nitrogens with zero attached hydrogens (tertiary/aromatic N) is 1. The minimum atomic E-state index is -0.473. The number of aromatic nitrogens is 1. The third kappa shape index (κ3) is 1.71. The lowest BCUT2D eigenvalue weighted by molar-refractivity contribution is 0.585. The highest BCUT2D eigenvalue weighted by Crippen LogP contribution is 2.18. The molecule has 0 bridgehead atoms. The van der Waals surface area contributed by atoms with Crippen molar-refractivity contribution in [3.8, 4) is 11.3 Å². The van der Waals surface area contributed by atoms with Crippen molar-refractivity contribution in [1.29, 1.82) is 0 Å². The van der Waals surface area contributed by atoms with Gasteiger partial charge in [0.25, 0.3) is 0 Å². The Kier molecular flexibility index (Phi) is 2.14. The predicted molar refractivity (Wildman–Crippen MR) is 54.0 cm³/mol. The van der Waals surface area contributed by atoms with E-state index in [2.05, 4.69) is 4.98 Å². The molecule has 0 aliphatic carbocycles. The summed E-state index contributed by atoms with van der Waals surface area (Å²) in [6.45, 7) is 0. The van der Waals surface area contributed by atoms with Gasteiger partial charge in [-0.15, -0.1) is 0 Å². The first-order valence-electron chi connectivity index (χ1n) is 4.24. The number of pyridine rings is 1. The van der Waals surface area contributed by atoms with Crippen molar-refractivity contribution in [3.63, 3.8) is 0 Å². The number of rotatable bonds is 1. The number of hydrogen-bond acceptors (Lipinski definition) is 2. The molecular weight excluding hydrogens is 179 g/mol. The maximum Gasteiger partial charge on any atom is 0.213 e. The Hall–Kier alpha value is -1.90. The summed E-state index contributed by atoms with van der Waals surface area (Å²) in [6.07, 6.45) is 0. The maximum atomic E-state index is 12.8. The van der Waals surface area contributed by atoms with Crippen LogP contribution in [0.3, 0.4) is 0 Å². The summed E-state index contributed by atoms with van der Waals surface area (Å²) in [5.74, 6) is -0.473. The SMILES string of the molecule is Nc1ccc(-c2cccc(F)n2)cc1. The van der Waals surface area contributed by atoms with E-state index < -0.39 is 5.95 Å². The predicted octanol–water partition coefficient (Wildman–Crippen LogP) is 2.47. The highest BCUT2D eigenvalue weighted by atomic mass is 19.1. The Morgan fingerprint density at radius 1 is 1.00 bits per heavy atom. The molecule has 0 aliphatic rings. The molecule has 0 aliphatic heterocycles. The summed E-state index contributed by atoms with van der Waals surface area (Å²) >= 11 is 0. The van der Waals surface area contributed by atoms with E-state index >= 15 is 0 Å². The van der Waals surface area contributed by atoms with Gasteiger partial charge in [-0.2, -0.15) is 4.39 Å². The van der Waals surface area contributed by atoms with Gasteiger partial charge in [-0.3, -0.25) is 0 Å². The summed E-state index contributed by atoms with van der Waals surface area (Å²) < 4.78 is 12.8. The monoisotopic (exact) mass is 188 g/mol. The molecule has 1 aromatic heterocycles. The average Bonchev–Trinajstić information content (AvgIpc) is 2.19. The Bertz CT molecular complexity index is 437. The summed E-state index contributed by atoms with van der Waals surface area (Å²) in [4.78, 5) is 3.77. The van der Waals surface area contributed by atoms with Gasteiger partial charge >= 0.3 is 0 Å². The van der Waals surface area contributed by atoms with E-state index in [-0.39, 0.29) is 0 Å². The third-order valence-corrected chi connectivity index (χ3v) is 1.92. The van der Waals surface area contributed by atoms with Crippen LogP contribution in [-0.4, -0.2) is 4.98 Å². The number of hydrogen-bond donors (Lipinski definition) is 1. The number of nitrogens with two attached hydrogens (primary N) is 1. The van der Waals surface area contributed by atoms with Gasteiger partial charge in [0.1, 0.15) is 0 Å². The topological polar surface area (TPSA) is 38.9 Å². The number of benzene rings is 1. The van der Waals surface area contributed by atoms with E-state index in [1.165, 1.54) is 6.07 Å². The zero-order valence-electron chi connectivity index (χ0n) is 7.44. The minimum Gasteiger partial charge on any atom is -0.399 e. The van der Waals surface area contributed by atoms with Crippen LogP contribution < -0.4 is 5.73 Å². The fourth-order valence-electron chi connectivity index (χ4n) is 1.22. The lowest BCUT2D eigenvalue weighted by Crippen LogP contribution is -1.88. The van der Waals surface area contributed by atoms with Gasteiger partial charge < -0.3 is 5.73 Å². The maximum absolute atomic E-state index is 12.8. The molecule has 70 valence electrons. The number of nitrogen functional groups attached to an aromatic ring is 1. The molecule has 0 fully saturated rings. The average molecular weight is 188 g/mol. The number of halogens is 1. The van der Waals surface area contributed by atoms with Gasteiger partial charge in [-0.05, 0) is 24.3 Å². The second kappa shape index (κ2) is 3.46. The lowest BCUT2D eigenvalue weighted by Gasteiger charge is -2.00. The van der Waals surface area contributed by atoms with Crippen LogP contribution in [0.5, 0.6) is 0 Å². The van der Waals surface area contributed by atoms with Crippen molar-refractivity contribution in [2.75, 3.05) is 5.73 Å². The lowest BCUT2D eigenvalue weighted by atomic mass is 10.1. The Morgan fingerprint density at radius 2 is 1.71 bits per heavy atom. The van der Waals surface area contributed by atoms with E-state index in [0.717, 1.165) is 5.56 Å². The van der Waals surface area contributed by atoms with Crippen molar-refractivity contribution >= 4 is 5.69 Å². The van der Waals surface area contributed by atoms with Gasteiger partial charge in [0.05, 0.1) is 5.69 Å². The molecule has 14 heavy (non-hydrogen) atoms. The normalized spacial score (nSPS) is 10.1. The van der Waals surface area contributed by atoms with Gasteiger partial charge in [-0.25, -0.2) is 4.98 Å². The second-order valence-corrected chi connectivity index (χ2v) is 2.97. The molecule has 0 atom stereocenters. The molecular formula is C11H9FN2.